The highest BCUT2D eigenvalue weighted by atomic mass is 35.5. The number of aliphatic hydroxyl groups is 1. The average molecular weight is 538 g/mol. The molecule has 2 N–H and O–H groups in total. The lowest BCUT2D eigenvalue weighted by atomic mass is 10.1. The van der Waals surface area contributed by atoms with Crippen LogP contribution in [0.2, 0.25) is 5.15 Å². The predicted molar refractivity (Wildman–Crippen MR) is 135 cm³/mol. The standard InChI is InChI=1S/C25H27ClF3N5O3/c1-24(2,3)37-23(36)34-10-8-33(9-11-34)19-6-4-16(12-17(19)25(27,28)29)31-21-15(14-35)13-30-18-5-7-20(26)32-22(18)21/h4-7,12-13,35H,8-11,14H2,1-3H3,(H,30,31). The molecule has 1 aliphatic heterocycles. The molecule has 198 valence electrons. The molecule has 12 heteroatoms. The fourth-order valence-corrected chi connectivity index (χ4v) is 4.20. The van der Waals surface area contributed by atoms with E-state index in [2.05, 4.69) is 15.3 Å². The normalized spacial score (nSPS) is 14.7. The summed E-state index contributed by atoms with van der Waals surface area (Å²) >= 11 is 6.03. The highest BCUT2D eigenvalue weighted by Crippen LogP contribution is 2.40. The summed E-state index contributed by atoms with van der Waals surface area (Å²) < 4.78 is 47.8. The molecule has 0 radical (unpaired) electrons. The Morgan fingerprint density at radius 3 is 2.46 bits per heavy atom. The minimum absolute atomic E-state index is 0.0185. The van der Waals surface area contributed by atoms with E-state index in [1.807, 2.05) is 0 Å². The molecular weight excluding hydrogens is 511 g/mol. The van der Waals surface area contributed by atoms with Gasteiger partial charge in [-0.2, -0.15) is 13.2 Å². The molecule has 3 aromatic rings. The maximum absolute atomic E-state index is 14.1. The van der Waals surface area contributed by atoms with Crippen LogP contribution in [0.5, 0.6) is 0 Å². The van der Waals surface area contributed by atoms with Gasteiger partial charge in [0, 0.05) is 49.3 Å². The first-order valence-corrected chi connectivity index (χ1v) is 12.0. The van der Waals surface area contributed by atoms with Crippen LogP contribution < -0.4 is 10.2 Å². The topological polar surface area (TPSA) is 90.8 Å². The number of nitrogens with one attached hydrogen (secondary N) is 1. The summed E-state index contributed by atoms with van der Waals surface area (Å²) in [6.45, 7) is 5.80. The number of carbonyl (C=O) groups is 1. The van der Waals surface area contributed by atoms with E-state index < -0.39 is 30.0 Å². The van der Waals surface area contributed by atoms with E-state index in [4.69, 9.17) is 16.3 Å². The van der Waals surface area contributed by atoms with Gasteiger partial charge in [0.25, 0.3) is 0 Å². The second kappa shape index (κ2) is 10.2. The molecule has 1 aromatic carbocycles. The number of aromatic nitrogens is 2. The fourth-order valence-electron chi connectivity index (χ4n) is 4.06. The van der Waals surface area contributed by atoms with E-state index in [1.54, 1.807) is 37.8 Å². The Kier molecular flexibility index (Phi) is 7.38. The highest BCUT2D eigenvalue weighted by Gasteiger charge is 2.36. The number of halogens is 4. The minimum Gasteiger partial charge on any atom is -0.444 e. The number of alkyl halides is 3. The number of amides is 1. The van der Waals surface area contributed by atoms with Crippen LogP contribution in [0, 0.1) is 0 Å². The molecule has 37 heavy (non-hydrogen) atoms. The van der Waals surface area contributed by atoms with E-state index in [0.717, 1.165) is 6.07 Å². The van der Waals surface area contributed by atoms with Crippen LogP contribution in [0.1, 0.15) is 31.9 Å². The zero-order valence-corrected chi connectivity index (χ0v) is 21.3. The molecule has 4 rings (SSSR count). The summed E-state index contributed by atoms with van der Waals surface area (Å²) in [5.41, 5.74) is 0.183. The average Bonchev–Trinajstić information content (AvgIpc) is 2.83. The molecule has 0 atom stereocenters. The van der Waals surface area contributed by atoms with Gasteiger partial charge in [0.2, 0.25) is 0 Å². The summed E-state index contributed by atoms with van der Waals surface area (Å²) in [7, 11) is 0. The van der Waals surface area contributed by atoms with Gasteiger partial charge in [0.1, 0.15) is 16.3 Å². The van der Waals surface area contributed by atoms with Gasteiger partial charge >= 0.3 is 12.3 Å². The molecule has 0 saturated carbocycles. The summed E-state index contributed by atoms with van der Waals surface area (Å²) in [5, 5.41) is 12.9. The number of pyridine rings is 2. The second-order valence-electron chi connectivity index (χ2n) is 9.63. The van der Waals surface area contributed by atoms with Gasteiger partial charge in [0.05, 0.1) is 23.4 Å². The number of anilines is 3. The minimum atomic E-state index is -4.63. The van der Waals surface area contributed by atoms with E-state index in [-0.39, 0.29) is 42.7 Å². The third kappa shape index (κ3) is 6.16. The quantitative estimate of drug-likeness (QED) is 0.419. The Labute approximate surface area is 217 Å². The van der Waals surface area contributed by atoms with Crippen molar-refractivity contribution in [3.05, 3.63) is 52.8 Å². The molecule has 1 fully saturated rings. The number of aliphatic hydroxyl groups excluding tert-OH is 1. The zero-order chi connectivity index (χ0) is 27.0. The molecular formula is C25H27ClF3N5O3. The van der Waals surface area contributed by atoms with E-state index in [9.17, 15) is 23.1 Å². The first-order chi connectivity index (χ1) is 17.4. The third-order valence-corrected chi connectivity index (χ3v) is 5.98. The Balaban J connectivity index is 1.61. The van der Waals surface area contributed by atoms with Crippen molar-refractivity contribution in [1.29, 1.82) is 0 Å². The van der Waals surface area contributed by atoms with Crippen LogP contribution in [0.15, 0.2) is 36.5 Å². The molecule has 1 saturated heterocycles. The molecule has 3 heterocycles. The number of nitrogens with zero attached hydrogens (tertiary/aromatic N) is 4. The van der Waals surface area contributed by atoms with Crippen molar-refractivity contribution in [3.63, 3.8) is 0 Å². The number of carbonyl (C=O) groups excluding carboxylic acids is 1. The molecule has 0 bridgehead atoms. The molecule has 8 nitrogen and oxygen atoms in total. The van der Waals surface area contributed by atoms with Crippen molar-refractivity contribution in [3.8, 4) is 0 Å². The van der Waals surface area contributed by atoms with Crippen molar-refractivity contribution in [2.45, 2.75) is 39.2 Å². The lowest BCUT2D eigenvalue weighted by molar-refractivity contribution is -0.137. The Hall–Kier alpha value is -3.31. The van der Waals surface area contributed by atoms with Crippen LogP contribution in [0.4, 0.5) is 35.0 Å². The number of piperazine rings is 1. The summed E-state index contributed by atoms with van der Waals surface area (Å²) in [6, 6.07) is 7.14. The largest absolute Gasteiger partial charge is 0.444 e. The van der Waals surface area contributed by atoms with Gasteiger partial charge in [-0.1, -0.05) is 11.6 Å². The Morgan fingerprint density at radius 1 is 1.14 bits per heavy atom. The maximum Gasteiger partial charge on any atom is 0.418 e. The highest BCUT2D eigenvalue weighted by molar-refractivity contribution is 6.29. The molecule has 0 spiro atoms. The number of hydrogen-bond donors (Lipinski definition) is 2. The molecule has 1 aliphatic rings. The number of benzene rings is 1. The lowest BCUT2D eigenvalue weighted by Crippen LogP contribution is -2.50. The van der Waals surface area contributed by atoms with Crippen LogP contribution in [-0.2, 0) is 17.5 Å². The van der Waals surface area contributed by atoms with Gasteiger partial charge in [-0.15, -0.1) is 0 Å². The van der Waals surface area contributed by atoms with Gasteiger partial charge in [0.15, 0.2) is 0 Å². The van der Waals surface area contributed by atoms with Crippen LogP contribution >= 0.6 is 11.6 Å². The Morgan fingerprint density at radius 2 is 1.84 bits per heavy atom. The van der Waals surface area contributed by atoms with Gasteiger partial charge in [-0.3, -0.25) is 4.98 Å². The molecule has 0 unspecified atom stereocenters. The smallest absolute Gasteiger partial charge is 0.418 e. The van der Waals surface area contributed by atoms with Crippen LogP contribution in [-0.4, -0.2) is 57.8 Å². The summed E-state index contributed by atoms with van der Waals surface area (Å²) in [6.07, 6.45) is -3.68. The first kappa shape index (κ1) is 26.7. The van der Waals surface area contributed by atoms with Gasteiger partial charge < -0.3 is 25.0 Å². The van der Waals surface area contributed by atoms with Crippen LogP contribution in [0.3, 0.4) is 0 Å². The number of hydrogen-bond acceptors (Lipinski definition) is 7. The van der Waals surface area contributed by atoms with Gasteiger partial charge in [-0.05, 0) is 51.1 Å². The Bertz CT molecular complexity index is 1310. The van der Waals surface area contributed by atoms with E-state index in [1.165, 1.54) is 23.2 Å². The van der Waals surface area contributed by atoms with Crippen molar-refractivity contribution >= 4 is 45.8 Å². The molecule has 1 amide bonds. The second-order valence-corrected chi connectivity index (χ2v) is 10.0. The maximum atomic E-state index is 14.1. The fraction of sp³-hybridized carbons (Fsp3) is 0.400. The number of rotatable bonds is 4. The van der Waals surface area contributed by atoms with E-state index in [0.29, 0.717) is 22.3 Å². The molecule has 2 aromatic heterocycles. The number of fused-ring (bicyclic) bond motifs is 1. The summed E-state index contributed by atoms with van der Waals surface area (Å²) in [4.78, 5) is 23.9. The van der Waals surface area contributed by atoms with Crippen molar-refractivity contribution in [2.24, 2.45) is 0 Å². The van der Waals surface area contributed by atoms with Crippen LogP contribution in [0.25, 0.3) is 11.0 Å². The van der Waals surface area contributed by atoms with Crippen molar-refractivity contribution < 1.29 is 27.8 Å². The van der Waals surface area contributed by atoms with E-state index >= 15 is 0 Å². The first-order valence-electron chi connectivity index (χ1n) is 11.6. The van der Waals surface area contributed by atoms with Crippen molar-refractivity contribution in [1.82, 2.24) is 14.9 Å². The summed E-state index contributed by atoms with van der Waals surface area (Å²) in [5.74, 6) is 0. The monoisotopic (exact) mass is 537 g/mol. The third-order valence-electron chi connectivity index (χ3n) is 5.77. The van der Waals surface area contributed by atoms with Crippen molar-refractivity contribution in [2.75, 3.05) is 36.4 Å². The SMILES string of the molecule is CC(C)(C)OC(=O)N1CCN(c2ccc(Nc3c(CO)cnc4ccc(Cl)nc34)cc2C(F)(F)F)CC1. The predicted octanol–water partition coefficient (Wildman–Crippen LogP) is 5.60. The molecule has 0 aliphatic carbocycles. The number of ether oxygens (including phenoxy) is 1. The lowest BCUT2D eigenvalue weighted by Gasteiger charge is -2.37. The van der Waals surface area contributed by atoms with Gasteiger partial charge in [-0.25, -0.2) is 9.78 Å². The zero-order valence-electron chi connectivity index (χ0n) is 20.6.